The summed E-state index contributed by atoms with van der Waals surface area (Å²) in [5.41, 5.74) is 4.17. The zero-order chi connectivity index (χ0) is 21.0. The van der Waals surface area contributed by atoms with Crippen LogP contribution in [0.2, 0.25) is 0 Å². The third-order valence-electron chi connectivity index (χ3n) is 5.50. The smallest absolute Gasteiger partial charge is 0.254 e. The maximum absolute atomic E-state index is 13.2. The molecule has 1 saturated heterocycles. The molecule has 3 rings (SSSR count). The summed E-state index contributed by atoms with van der Waals surface area (Å²) in [5.74, 6) is 1.42. The van der Waals surface area contributed by atoms with Crippen molar-refractivity contribution in [3.8, 4) is 17.2 Å². The maximum atomic E-state index is 13.2. The van der Waals surface area contributed by atoms with Gasteiger partial charge in [0, 0.05) is 30.4 Å². The summed E-state index contributed by atoms with van der Waals surface area (Å²) in [6.07, 6.45) is 1.99. The SMILES string of the molecule is COc1cc(C(=O)N2CCCC(Nc3ccc(C)c(C)c3)C2)cc(OC)c1OC. The number of anilines is 1. The Hall–Kier alpha value is -2.89. The van der Waals surface area contributed by atoms with Crippen LogP contribution in [0.3, 0.4) is 0 Å². The molecule has 1 amide bonds. The number of methoxy groups -OCH3 is 3. The summed E-state index contributed by atoms with van der Waals surface area (Å²) < 4.78 is 16.1. The number of aryl methyl sites for hydroxylation is 2. The Labute approximate surface area is 172 Å². The first-order chi connectivity index (χ1) is 14.0. The number of carbonyl (C=O) groups excluding carboxylic acids is 1. The topological polar surface area (TPSA) is 60.0 Å². The molecule has 0 bridgehead atoms. The molecule has 1 unspecified atom stereocenters. The Balaban J connectivity index is 1.76. The van der Waals surface area contributed by atoms with Crippen LogP contribution < -0.4 is 19.5 Å². The van der Waals surface area contributed by atoms with Gasteiger partial charge in [0.2, 0.25) is 5.75 Å². The Kier molecular flexibility index (Phi) is 6.52. The Bertz CT molecular complexity index is 856. The first-order valence-corrected chi connectivity index (χ1v) is 9.90. The fraction of sp³-hybridized carbons (Fsp3) is 0.435. The van der Waals surface area contributed by atoms with Gasteiger partial charge in [0.15, 0.2) is 11.5 Å². The Morgan fingerprint density at radius 3 is 2.28 bits per heavy atom. The van der Waals surface area contributed by atoms with Crippen molar-refractivity contribution in [2.24, 2.45) is 0 Å². The van der Waals surface area contributed by atoms with Crippen molar-refractivity contribution >= 4 is 11.6 Å². The molecule has 2 aromatic carbocycles. The molecule has 1 aliphatic rings. The Morgan fingerprint density at radius 2 is 1.69 bits per heavy atom. The highest BCUT2D eigenvalue weighted by Crippen LogP contribution is 2.38. The number of ether oxygens (including phenoxy) is 3. The van der Waals surface area contributed by atoms with Crippen molar-refractivity contribution in [3.05, 3.63) is 47.0 Å². The van der Waals surface area contributed by atoms with E-state index in [-0.39, 0.29) is 11.9 Å². The van der Waals surface area contributed by atoms with E-state index in [0.717, 1.165) is 25.1 Å². The number of hydrogen-bond donors (Lipinski definition) is 1. The largest absolute Gasteiger partial charge is 0.493 e. The van der Waals surface area contributed by atoms with Crippen molar-refractivity contribution in [1.29, 1.82) is 0 Å². The van der Waals surface area contributed by atoms with E-state index in [2.05, 4.69) is 37.4 Å². The van der Waals surface area contributed by atoms with Gasteiger partial charge in [-0.05, 0) is 62.1 Å². The molecule has 0 spiro atoms. The molecule has 0 aromatic heterocycles. The molecule has 156 valence electrons. The number of amides is 1. The maximum Gasteiger partial charge on any atom is 0.254 e. The second-order valence-corrected chi connectivity index (χ2v) is 7.45. The number of nitrogens with one attached hydrogen (secondary N) is 1. The van der Waals surface area contributed by atoms with Crippen LogP contribution in [-0.2, 0) is 0 Å². The number of carbonyl (C=O) groups is 1. The first kappa shape index (κ1) is 20.8. The molecule has 29 heavy (non-hydrogen) atoms. The zero-order valence-electron chi connectivity index (χ0n) is 17.9. The third-order valence-corrected chi connectivity index (χ3v) is 5.50. The van der Waals surface area contributed by atoms with Gasteiger partial charge in [-0.15, -0.1) is 0 Å². The van der Waals surface area contributed by atoms with Crippen LogP contribution in [-0.4, -0.2) is 51.3 Å². The number of rotatable bonds is 6. The molecule has 1 aliphatic heterocycles. The van der Waals surface area contributed by atoms with Crippen LogP contribution in [0.5, 0.6) is 17.2 Å². The predicted molar refractivity (Wildman–Crippen MR) is 115 cm³/mol. The minimum Gasteiger partial charge on any atom is -0.493 e. The van der Waals surface area contributed by atoms with E-state index in [4.69, 9.17) is 14.2 Å². The van der Waals surface area contributed by atoms with Crippen molar-refractivity contribution in [3.63, 3.8) is 0 Å². The molecular weight excluding hydrogens is 368 g/mol. The van der Waals surface area contributed by atoms with E-state index in [1.165, 1.54) is 11.1 Å². The second-order valence-electron chi connectivity index (χ2n) is 7.45. The average Bonchev–Trinajstić information content (AvgIpc) is 2.74. The summed E-state index contributed by atoms with van der Waals surface area (Å²) >= 11 is 0. The van der Waals surface area contributed by atoms with Crippen LogP contribution in [0.1, 0.15) is 34.3 Å². The van der Waals surface area contributed by atoms with Gasteiger partial charge in [0.05, 0.1) is 21.3 Å². The number of hydrogen-bond acceptors (Lipinski definition) is 5. The van der Waals surface area contributed by atoms with Crippen LogP contribution in [0, 0.1) is 13.8 Å². The number of likely N-dealkylation sites (tertiary alicyclic amines) is 1. The lowest BCUT2D eigenvalue weighted by atomic mass is 10.0. The quantitative estimate of drug-likeness (QED) is 0.796. The van der Waals surface area contributed by atoms with E-state index in [0.29, 0.717) is 29.4 Å². The molecule has 1 atom stereocenters. The number of benzene rings is 2. The predicted octanol–water partition coefficient (Wildman–Crippen LogP) is 4.05. The van der Waals surface area contributed by atoms with Crippen LogP contribution in [0.4, 0.5) is 5.69 Å². The highest BCUT2D eigenvalue weighted by molar-refractivity contribution is 5.95. The first-order valence-electron chi connectivity index (χ1n) is 9.90. The number of piperidine rings is 1. The lowest BCUT2D eigenvalue weighted by Crippen LogP contribution is -2.45. The minimum atomic E-state index is -0.0316. The van der Waals surface area contributed by atoms with Gasteiger partial charge in [-0.25, -0.2) is 0 Å². The normalized spacial score (nSPS) is 16.3. The van der Waals surface area contributed by atoms with Gasteiger partial charge in [-0.3, -0.25) is 4.79 Å². The average molecular weight is 399 g/mol. The third kappa shape index (κ3) is 4.58. The minimum absolute atomic E-state index is 0.0316. The van der Waals surface area contributed by atoms with Gasteiger partial charge >= 0.3 is 0 Å². The lowest BCUT2D eigenvalue weighted by Gasteiger charge is -2.34. The molecule has 1 heterocycles. The summed E-state index contributed by atoms with van der Waals surface area (Å²) in [4.78, 5) is 15.1. The van der Waals surface area contributed by atoms with E-state index in [1.807, 2.05) is 4.90 Å². The van der Waals surface area contributed by atoms with Gasteiger partial charge < -0.3 is 24.4 Å². The highest BCUT2D eigenvalue weighted by atomic mass is 16.5. The summed E-state index contributed by atoms with van der Waals surface area (Å²) in [7, 11) is 4.65. The second kappa shape index (κ2) is 9.07. The summed E-state index contributed by atoms with van der Waals surface area (Å²) in [6.45, 7) is 5.61. The standard InChI is InChI=1S/C23H30N2O4/c1-15-8-9-18(11-16(15)2)24-19-7-6-10-25(14-19)23(26)17-12-20(27-3)22(29-5)21(13-17)28-4/h8-9,11-13,19,24H,6-7,10,14H2,1-5H3. The zero-order valence-corrected chi connectivity index (χ0v) is 17.9. The molecule has 0 radical (unpaired) electrons. The molecule has 6 heteroatoms. The number of nitrogens with zero attached hydrogens (tertiary/aromatic N) is 1. The van der Waals surface area contributed by atoms with Gasteiger partial charge in [-0.2, -0.15) is 0 Å². The van der Waals surface area contributed by atoms with Crippen LogP contribution >= 0.6 is 0 Å². The van der Waals surface area contributed by atoms with E-state index in [9.17, 15) is 4.79 Å². The van der Waals surface area contributed by atoms with E-state index >= 15 is 0 Å². The lowest BCUT2D eigenvalue weighted by molar-refractivity contribution is 0.0714. The van der Waals surface area contributed by atoms with Gasteiger partial charge in [0.25, 0.3) is 5.91 Å². The molecule has 0 saturated carbocycles. The van der Waals surface area contributed by atoms with Crippen molar-refractivity contribution in [2.75, 3.05) is 39.7 Å². The molecule has 1 fully saturated rings. The Morgan fingerprint density at radius 1 is 1.00 bits per heavy atom. The molecule has 2 aromatic rings. The highest BCUT2D eigenvalue weighted by Gasteiger charge is 2.26. The van der Waals surface area contributed by atoms with Crippen LogP contribution in [0.15, 0.2) is 30.3 Å². The molecule has 0 aliphatic carbocycles. The molecule has 1 N–H and O–H groups in total. The van der Waals surface area contributed by atoms with E-state index in [1.54, 1.807) is 33.5 Å². The van der Waals surface area contributed by atoms with Crippen molar-refractivity contribution in [1.82, 2.24) is 4.90 Å². The molecular formula is C23H30N2O4. The van der Waals surface area contributed by atoms with Crippen molar-refractivity contribution in [2.45, 2.75) is 32.7 Å². The summed E-state index contributed by atoms with van der Waals surface area (Å²) in [5, 5.41) is 3.59. The fourth-order valence-corrected chi connectivity index (χ4v) is 3.73. The van der Waals surface area contributed by atoms with Gasteiger partial charge in [0.1, 0.15) is 0 Å². The van der Waals surface area contributed by atoms with Gasteiger partial charge in [-0.1, -0.05) is 6.07 Å². The molecule has 6 nitrogen and oxygen atoms in total. The van der Waals surface area contributed by atoms with Crippen molar-refractivity contribution < 1.29 is 19.0 Å². The van der Waals surface area contributed by atoms with E-state index < -0.39 is 0 Å². The van der Waals surface area contributed by atoms with Crippen LogP contribution in [0.25, 0.3) is 0 Å². The monoisotopic (exact) mass is 398 g/mol. The fourth-order valence-electron chi connectivity index (χ4n) is 3.73. The summed E-state index contributed by atoms with van der Waals surface area (Å²) in [6, 6.07) is 10.0.